The molecule has 0 heterocycles. The van der Waals surface area contributed by atoms with E-state index in [4.69, 9.17) is 10.5 Å². The monoisotopic (exact) mass is 243 g/mol. The van der Waals surface area contributed by atoms with Gasteiger partial charge in [0.05, 0.1) is 13.2 Å². The first-order valence-corrected chi connectivity index (χ1v) is 6.47. The molecule has 1 saturated carbocycles. The number of carbonyl (C=O) groups excluding carboxylic acids is 1. The van der Waals surface area contributed by atoms with Crippen LogP contribution in [0.2, 0.25) is 0 Å². The van der Waals surface area contributed by atoms with E-state index >= 15 is 0 Å². The zero-order valence-corrected chi connectivity index (χ0v) is 10.7. The Morgan fingerprint density at radius 3 is 2.88 bits per heavy atom. The smallest absolute Gasteiger partial charge is 0.234 e. The molecule has 0 bridgehead atoms. The van der Waals surface area contributed by atoms with E-state index < -0.39 is 0 Å². The summed E-state index contributed by atoms with van der Waals surface area (Å²) in [6, 6.07) is 0.269. The first-order valence-electron chi connectivity index (χ1n) is 6.47. The largest absolute Gasteiger partial charge is 0.383 e. The zero-order chi connectivity index (χ0) is 12.5. The number of carbonyl (C=O) groups is 1. The zero-order valence-electron chi connectivity index (χ0n) is 10.7. The Morgan fingerprint density at radius 2 is 2.18 bits per heavy atom. The maximum Gasteiger partial charge on any atom is 0.234 e. The molecule has 1 aliphatic carbocycles. The number of hydrogen-bond acceptors (Lipinski definition) is 4. The first kappa shape index (κ1) is 14.4. The van der Waals surface area contributed by atoms with Gasteiger partial charge in [0.1, 0.15) is 0 Å². The van der Waals surface area contributed by atoms with Gasteiger partial charge in [-0.25, -0.2) is 0 Å². The summed E-state index contributed by atoms with van der Waals surface area (Å²) in [5.41, 5.74) is 5.73. The fraction of sp³-hybridized carbons (Fsp3) is 0.917. The van der Waals surface area contributed by atoms with Crippen LogP contribution in [0.1, 0.15) is 25.7 Å². The highest BCUT2D eigenvalue weighted by Gasteiger charge is 2.24. The molecule has 0 aromatic carbocycles. The minimum Gasteiger partial charge on any atom is -0.383 e. The van der Waals surface area contributed by atoms with Gasteiger partial charge in [-0.2, -0.15) is 0 Å². The second-order valence-corrected chi connectivity index (χ2v) is 4.62. The van der Waals surface area contributed by atoms with Crippen LogP contribution in [0.5, 0.6) is 0 Å². The van der Waals surface area contributed by atoms with Crippen LogP contribution in [-0.4, -0.2) is 45.3 Å². The molecule has 5 nitrogen and oxygen atoms in total. The molecule has 0 aromatic rings. The molecule has 0 saturated heterocycles. The van der Waals surface area contributed by atoms with Crippen molar-refractivity contribution in [1.82, 2.24) is 10.6 Å². The van der Waals surface area contributed by atoms with Crippen molar-refractivity contribution in [3.63, 3.8) is 0 Å². The topological polar surface area (TPSA) is 76.4 Å². The van der Waals surface area contributed by atoms with E-state index in [1.54, 1.807) is 7.11 Å². The predicted octanol–water partition coefficient (Wildman–Crippen LogP) is -0.144. The van der Waals surface area contributed by atoms with Crippen LogP contribution in [0.15, 0.2) is 0 Å². The van der Waals surface area contributed by atoms with Crippen molar-refractivity contribution < 1.29 is 9.53 Å². The van der Waals surface area contributed by atoms with Crippen molar-refractivity contribution in [2.24, 2.45) is 11.7 Å². The fourth-order valence-electron chi connectivity index (χ4n) is 2.31. The molecule has 0 spiro atoms. The third-order valence-corrected chi connectivity index (χ3v) is 3.33. The minimum absolute atomic E-state index is 0.0615. The van der Waals surface area contributed by atoms with E-state index in [0.717, 1.165) is 12.8 Å². The maximum absolute atomic E-state index is 11.7. The molecular formula is C12H25N3O2. The SMILES string of the molecule is COCCNCC(=O)NC1CCCCC1CN. The Kier molecular flexibility index (Phi) is 7.16. The number of rotatable bonds is 7. The Hall–Kier alpha value is -0.650. The molecule has 1 fully saturated rings. The molecule has 0 radical (unpaired) electrons. The van der Waals surface area contributed by atoms with Crippen molar-refractivity contribution in [3.05, 3.63) is 0 Å². The summed E-state index contributed by atoms with van der Waals surface area (Å²) in [4.78, 5) is 11.7. The lowest BCUT2D eigenvalue weighted by Gasteiger charge is -2.31. The maximum atomic E-state index is 11.7. The summed E-state index contributed by atoms with van der Waals surface area (Å²) < 4.78 is 4.90. The number of methoxy groups -OCH3 is 1. The number of amides is 1. The third-order valence-electron chi connectivity index (χ3n) is 3.33. The van der Waals surface area contributed by atoms with E-state index in [-0.39, 0.29) is 11.9 Å². The second kappa shape index (κ2) is 8.44. The van der Waals surface area contributed by atoms with Crippen LogP contribution in [-0.2, 0) is 9.53 Å². The molecule has 2 unspecified atom stereocenters. The van der Waals surface area contributed by atoms with Gasteiger partial charge in [-0.15, -0.1) is 0 Å². The van der Waals surface area contributed by atoms with Crippen LogP contribution < -0.4 is 16.4 Å². The lowest BCUT2D eigenvalue weighted by molar-refractivity contribution is -0.121. The minimum atomic E-state index is 0.0615. The van der Waals surface area contributed by atoms with E-state index in [1.807, 2.05) is 0 Å². The van der Waals surface area contributed by atoms with Gasteiger partial charge in [0, 0.05) is 19.7 Å². The van der Waals surface area contributed by atoms with E-state index in [0.29, 0.717) is 32.2 Å². The highest BCUT2D eigenvalue weighted by Crippen LogP contribution is 2.23. The van der Waals surface area contributed by atoms with Crippen LogP contribution >= 0.6 is 0 Å². The highest BCUT2D eigenvalue weighted by molar-refractivity contribution is 5.78. The molecule has 4 N–H and O–H groups in total. The normalized spacial score (nSPS) is 24.6. The first-order chi connectivity index (χ1) is 8.27. The molecule has 0 aromatic heterocycles. The molecular weight excluding hydrogens is 218 g/mol. The second-order valence-electron chi connectivity index (χ2n) is 4.62. The van der Waals surface area contributed by atoms with Gasteiger partial charge in [0.15, 0.2) is 0 Å². The summed E-state index contributed by atoms with van der Waals surface area (Å²) in [6.07, 6.45) is 4.63. The van der Waals surface area contributed by atoms with Crippen LogP contribution in [0.3, 0.4) is 0 Å². The van der Waals surface area contributed by atoms with Gasteiger partial charge in [-0.1, -0.05) is 12.8 Å². The molecule has 100 valence electrons. The van der Waals surface area contributed by atoms with E-state index in [9.17, 15) is 4.79 Å². The quantitative estimate of drug-likeness (QED) is 0.544. The van der Waals surface area contributed by atoms with Crippen molar-refractivity contribution in [2.45, 2.75) is 31.7 Å². The predicted molar refractivity (Wildman–Crippen MR) is 67.7 cm³/mol. The Bertz CT molecular complexity index is 224. The average Bonchev–Trinajstić information content (AvgIpc) is 2.35. The van der Waals surface area contributed by atoms with Gasteiger partial charge in [0.2, 0.25) is 5.91 Å². The molecule has 5 heteroatoms. The van der Waals surface area contributed by atoms with Gasteiger partial charge in [0.25, 0.3) is 0 Å². The standard InChI is InChI=1S/C12H25N3O2/c1-17-7-6-14-9-12(16)15-11-5-3-2-4-10(11)8-13/h10-11,14H,2-9,13H2,1H3,(H,15,16). The summed E-state index contributed by atoms with van der Waals surface area (Å²) in [5, 5.41) is 6.11. The van der Waals surface area contributed by atoms with Crippen LogP contribution in [0, 0.1) is 5.92 Å². The van der Waals surface area contributed by atoms with Crippen LogP contribution in [0.4, 0.5) is 0 Å². The molecule has 0 aliphatic heterocycles. The van der Waals surface area contributed by atoms with E-state index in [2.05, 4.69) is 10.6 Å². The highest BCUT2D eigenvalue weighted by atomic mass is 16.5. The molecule has 1 amide bonds. The van der Waals surface area contributed by atoms with E-state index in [1.165, 1.54) is 12.8 Å². The molecule has 17 heavy (non-hydrogen) atoms. The number of hydrogen-bond donors (Lipinski definition) is 3. The van der Waals surface area contributed by atoms with Crippen molar-refractivity contribution in [3.8, 4) is 0 Å². The van der Waals surface area contributed by atoms with Gasteiger partial charge in [-0.05, 0) is 25.3 Å². The lowest BCUT2D eigenvalue weighted by atomic mass is 9.84. The molecule has 2 atom stereocenters. The van der Waals surface area contributed by atoms with Gasteiger partial charge in [-0.3, -0.25) is 4.79 Å². The average molecular weight is 243 g/mol. The van der Waals surface area contributed by atoms with Crippen molar-refractivity contribution in [2.75, 3.05) is 33.4 Å². The fourth-order valence-corrected chi connectivity index (χ4v) is 2.31. The molecule has 1 rings (SSSR count). The summed E-state index contributed by atoms with van der Waals surface area (Å²) in [7, 11) is 1.65. The summed E-state index contributed by atoms with van der Waals surface area (Å²) in [5.74, 6) is 0.512. The number of nitrogens with two attached hydrogens (primary N) is 1. The van der Waals surface area contributed by atoms with Gasteiger partial charge >= 0.3 is 0 Å². The lowest BCUT2D eigenvalue weighted by Crippen LogP contribution is -2.47. The van der Waals surface area contributed by atoms with Crippen molar-refractivity contribution >= 4 is 5.91 Å². The van der Waals surface area contributed by atoms with Crippen LogP contribution in [0.25, 0.3) is 0 Å². The summed E-state index contributed by atoms with van der Waals surface area (Å²) in [6.45, 7) is 2.36. The molecule has 1 aliphatic rings. The Morgan fingerprint density at radius 1 is 1.41 bits per heavy atom. The Labute approximate surface area is 103 Å². The number of nitrogens with one attached hydrogen (secondary N) is 2. The third kappa shape index (κ3) is 5.48. The summed E-state index contributed by atoms with van der Waals surface area (Å²) >= 11 is 0. The Balaban J connectivity index is 2.19. The van der Waals surface area contributed by atoms with Crippen molar-refractivity contribution in [1.29, 1.82) is 0 Å². The van der Waals surface area contributed by atoms with Gasteiger partial charge < -0.3 is 21.1 Å². The number of ether oxygens (including phenoxy) is 1.